The monoisotopic (exact) mass is 250 g/mol. The molecule has 0 radical (unpaired) electrons. The van der Waals surface area contributed by atoms with E-state index in [1.807, 2.05) is 6.07 Å². The van der Waals surface area contributed by atoms with Crippen LogP contribution < -0.4 is 0 Å². The normalized spacial score (nSPS) is 14.2. The van der Waals surface area contributed by atoms with Crippen LogP contribution in [0.1, 0.15) is 21.5 Å². The zero-order valence-corrected chi connectivity index (χ0v) is 9.34. The van der Waals surface area contributed by atoms with Gasteiger partial charge in [-0.15, -0.1) is 0 Å². The third kappa shape index (κ3) is 1.52. The Morgan fingerprint density at radius 2 is 1.67 bits per heavy atom. The molecule has 1 aliphatic carbocycles. The molecule has 0 saturated heterocycles. The summed E-state index contributed by atoms with van der Waals surface area (Å²) in [5.74, 6) is -1.77. The number of alkyl halides is 3. The number of hydrogen-bond donors (Lipinski definition) is 0. The maximum absolute atomic E-state index is 12.5. The molecule has 0 spiro atoms. The minimum atomic E-state index is -4.82. The van der Waals surface area contributed by atoms with Crippen LogP contribution in [0.25, 0.3) is 10.8 Å². The second kappa shape index (κ2) is 3.57. The van der Waals surface area contributed by atoms with Gasteiger partial charge in [-0.05, 0) is 34.7 Å². The molecular weight excluding hydrogens is 241 g/mol. The highest BCUT2D eigenvalue weighted by molar-refractivity contribution is 6.12. The fraction of sp³-hybridized carbons (Fsp3) is 0.214. The van der Waals surface area contributed by atoms with Gasteiger partial charge >= 0.3 is 6.18 Å². The average molecular weight is 250 g/mol. The van der Waals surface area contributed by atoms with Gasteiger partial charge in [0.05, 0.1) is 0 Å². The molecule has 0 aliphatic heterocycles. The first-order valence-electron chi connectivity index (χ1n) is 5.63. The Hall–Kier alpha value is -1.84. The van der Waals surface area contributed by atoms with E-state index in [1.54, 1.807) is 18.2 Å². The van der Waals surface area contributed by atoms with Crippen molar-refractivity contribution in [2.45, 2.75) is 19.0 Å². The van der Waals surface area contributed by atoms with Gasteiger partial charge in [0.2, 0.25) is 0 Å². The largest absolute Gasteiger partial charge is 0.454 e. The maximum Gasteiger partial charge on any atom is 0.454 e. The van der Waals surface area contributed by atoms with Gasteiger partial charge in [0.15, 0.2) is 0 Å². The molecule has 0 bridgehead atoms. The molecule has 0 unspecified atom stereocenters. The van der Waals surface area contributed by atoms with Crippen LogP contribution in [-0.4, -0.2) is 12.0 Å². The fourth-order valence-corrected chi connectivity index (χ4v) is 2.60. The summed E-state index contributed by atoms with van der Waals surface area (Å²) in [6, 6.07) is 8.13. The van der Waals surface area contributed by atoms with E-state index in [0.717, 1.165) is 29.4 Å². The van der Waals surface area contributed by atoms with Crippen molar-refractivity contribution in [3.8, 4) is 0 Å². The van der Waals surface area contributed by atoms with Gasteiger partial charge in [-0.2, -0.15) is 13.2 Å². The van der Waals surface area contributed by atoms with Crippen LogP contribution in [0.5, 0.6) is 0 Å². The predicted molar refractivity (Wildman–Crippen MR) is 61.7 cm³/mol. The maximum atomic E-state index is 12.5. The molecule has 4 heteroatoms. The van der Waals surface area contributed by atoms with Gasteiger partial charge in [0.25, 0.3) is 5.78 Å². The van der Waals surface area contributed by atoms with E-state index in [-0.39, 0.29) is 5.56 Å². The van der Waals surface area contributed by atoms with E-state index in [1.165, 1.54) is 6.07 Å². The predicted octanol–water partition coefficient (Wildman–Crippen LogP) is 3.68. The van der Waals surface area contributed by atoms with Crippen LogP contribution in [0.3, 0.4) is 0 Å². The first kappa shape index (κ1) is 11.3. The van der Waals surface area contributed by atoms with Gasteiger partial charge in [-0.1, -0.05) is 30.3 Å². The number of Topliss-reactive ketones (excluding diaryl/α,β-unsaturated/α-hetero) is 1. The van der Waals surface area contributed by atoms with E-state index < -0.39 is 12.0 Å². The standard InChI is InChI=1S/C14H9F3O/c15-14(16,17)13(18)11-7-6-9-5-4-8-2-1-3-10(11)12(8)9/h1-3,6-7H,4-5H2. The Bertz CT molecular complexity index is 646. The number of aryl methyl sites for hydroxylation is 2. The smallest absolute Gasteiger partial charge is 0.284 e. The van der Waals surface area contributed by atoms with Crippen molar-refractivity contribution >= 4 is 16.6 Å². The van der Waals surface area contributed by atoms with Crippen molar-refractivity contribution in [2.24, 2.45) is 0 Å². The number of rotatable bonds is 1. The van der Waals surface area contributed by atoms with Crippen molar-refractivity contribution in [1.82, 2.24) is 0 Å². The molecule has 2 aromatic carbocycles. The molecular formula is C14H9F3O. The van der Waals surface area contributed by atoms with Crippen molar-refractivity contribution in [1.29, 1.82) is 0 Å². The number of ketones is 1. The van der Waals surface area contributed by atoms with Crippen LogP contribution in [-0.2, 0) is 12.8 Å². The number of benzene rings is 2. The summed E-state index contributed by atoms with van der Waals surface area (Å²) in [6.07, 6.45) is -3.16. The number of hydrogen-bond acceptors (Lipinski definition) is 1. The van der Waals surface area contributed by atoms with Crippen molar-refractivity contribution in [3.05, 3.63) is 47.0 Å². The minimum Gasteiger partial charge on any atom is -0.284 e. The summed E-state index contributed by atoms with van der Waals surface area (Å²) in [7, 11) is 0. The van der Waals surface area contributed by atoms with Gasteiger partial charge < -0.3 is 0 Å². The SMILES string of the molecule is O=C(c1ccc2c3c(cccc13)CC2)C(F)(F)F. The van der Waals surface area contributed by atoms with Crippen LogP contribution in [0, 0.1) is 0 Å². The first-order valence-corrected chi connectivity index (χ1v) is 5.63. The average Bonchev–Trinajstić information content (AvgIpc) is 2.73. The highest BCUT2D eigenvalue weighted by Crippen LogP contribution is 2.34. The lowest BCUT2D eigenvalue weighted by molar-refractivity contribution is -0.0884. The molecule has 1 aliphatic rings. The molecule has 0 amide bonds. The molecule has 0 heterocycles. The zero-order chi connectivity index (χ0) is 12.9. The van der Waals surface area contributed by atoms with Crippen LogP contribution in [0.4, 0.5) is 13.2 Å². The molecule has 3 rings (SSSR count). The van der Waals surface area contributed by atoms with Gasteiger partial charge in [-0.25, -0.2) is 0 Å². The van der Waals surface area contributed by atoms with E-state index in [4.69, 9.17) is 0 Å². The van der Waals surface area contributed by atoms with Crippen LogP contribution in [0.2, 0.25) is 0 Å². The molecule has 0 aromatic heterocycles. The van der Waals surface area contributed by atoms with Crippen molar-refractivity contribution in [2.75, 3.05) is 0 Å². The van der Waals surface area contributed by atoms with Crippen molar-refractivity contribution < 1.29 is 18.0 Å². The molecule has 0 saturated carbocycles. The molecule has 1 nitrogen and oxygen atoms in total. The summed E-state index contributed by atoms with van der Waals surface area (Å²) in [4.78, 5) is 11.4. The van der Waals surface area contributed by atoms with Gasteiger partial charge in [0, 0.05) is 5.56 Å². The van der Waals surface area contributed by atoms with Gasteiger partial charge in [-0.3, -0.25) is 4.79 Å². The molecule has 18 heavy (non-hydrogen) atoms. The summed E-state index contributed by atoms with van der Waals surface area (Å²) in [6.45, 7) is 0. The Kier molecular flexibility index (Phi) is 2.24. The van der Waals surface area contributed by atoms with Crippen molar-refractivity contribution in [3.63, 3.8) is 0 Å². The third-order valence-electron chi connectivity index (χ3n) is 3.38. The Morgan fingerprint density at radius 1 is 1.00 bits per heavy atom. The van der Waals surface area contributed by atoms with Gasteiger partial charge in [0.1, 0.15) is 0 Å². The Balaban J connectivity index is 2.31. The Morgan fingerprint density at radius 3 is 2.33 bits per heavy atom. The summed E-state index contributed by atoms with van der Waals surface area (Å²) in [5.41, 5.74) is 1.81. The number of carbonyl (C=O) groups excluding carboxylic acids is 1. The van der Waals surface area contributed by atoms with E-state index in [0.29, 0.717) is 5.39 Å². The lowest BCUT2D eigenvalue weighted by Gasteiger charge is -2.10. The van der Waals surface area contributed by atoms with E-state index in [9.17, 15) is 18.0 Å². The second-order valence-electron chi connectivity index (χ2n) is 4.44. The lowest BCUT2D eigenvalue weighted by atomic mass is 9.97. The molecule has 92 valence electrons. The summed E-state index contributed by atoms with van der Waals surface area (Å²) in [5, 5.41) is 1.25. The summed E-state index contributed by atoms with van der Waals surface area (Å²) >= 11 is 0. The van der Waals surface area contributed by atoms with Crippen LogP contribution in [0.15, 0.2) is 30.3 Å². The lowest BCUT2D eigenvalue weighted by Crippen LogP contribution is -2.23. The first-order chi connectivity index (χ1) is 8.48. The molecule has 0 atom stereocenters. The molecule has 2 aromatic rings. The topological polar surface area (TPSA) is 17.1 Å². The minimum absolute atomic E-state index is 0.245. The van der Waals surface area contributed by atoms with E-state index in [2.05, 4.69) is 0 Å². The third-order valence-corrected chi connectivity index (χ3v) is 3.38. The molecule has 0 fully saturated rings. The zero-order valence-electron chi connectivity index (χ0n) is 9.34. The Labute approximate surface area is 101 Å². The number of carbonyl (C=O) groups is 1. The molecule has 0 N–H and O–H groups in total. The highest BCUT2D eigenvalue weighted by atomic mass is 19.4. The van der Waals surface area contributed by atoms with Crippen LogP contribution >= 0.6 is 0 Å². The number of halogens is 3. The fourth-order valence-electron chi connectivity index (χ4n) is 2.60. The quantitative estimate of drug-likeness (QED) is 0.705. The summed E-state index contributed by atoms with van der Waals surface area (Å²) < 4.78 is 37.6. The second-order valence-corrected chi connectivity index (χ2v) is 4.44. The highest BCUT2D eigenvalue weighted by Gasteiger charge is 2.40. The van der Waals surface area contributed by atoms with E-state index >= 15 is 0 Å².